The number of hydrogen-bond acceptors (Lipinski definition) is 4. The van der Waals surface area contributed by atoms with Crippen LogP contribution in [-0.2, 0) is 14.3 Å². The molecule has 1 atom stereocenters. The van der Waals surface area contributed by atoms with Crippen LogP contribution in [0.3, 0.4) is 0 Å². The molecule has 2 heterocycles. The van der Waals surface area contributed by atoms with Crippen molar-refractivity contribution in [1.82, 2.24) is 10.2 Å². The topological polar surface area (TPSA) is 58.6 Å². The zero-order chi connectivity index (χ0) is 15.7. The maximum atomic E-state index is 11.9. The van der Waals surface area contributed by atoms with Crippen molar-refractivity contribution in [2.45, 2.75) is 45.6 Å². The summed E-state index contributed by atoms with van der Waals surface area (Å²) in [5, 5.41) is 3.28. The van der Waals surface area contributed by atoms with E-state index in [4.69, 9.17) is 4.74 Å². The molecule has 7 heteroatoms. The monoisotopic (exact) mass is 684 g/mol. The number of amides is 1. The van der Waals surface area contributed by atoms with Crippen LogP contribution in [-0.4, -0.2) is 101 Å². The Morgan fingerprint density at radius 2 is 1.81 bits per heavy atom. The molecule has 0 aromatic heterocycles. The summed E-state index contributed by atoms with van der Waals surface area (Å²) in [7, 11) is 1.39. The predicted molar refractivity (Wildman–Crippen MR) is 83.3 cm³/mol. The number of likely N-dealkylation sites (tertiary alicyclic amines) is 1. The molecule has 5 nitrogen and oxygen atoms in total. The number of piperidine rings is 2. The van der Waals surface area contributed by atoms with Crippen LogP contribution in [0.2, 0.25) is 1.04 Å². The molecule has 2 aliphatic rings. The molecule has 2 fully saturated rings. The van der Waals surface area contributed by atoms with E-state index >= 15 is 0 Å². The molecule has 0 aromatic rings. The van der Waals surface area contributed by atoms with Gasteiger partial charge in [-0.25, -0.2) is 0 Å². The van der Waals surface area contributed by atoms with Crippen LogP contribution in [0, 0.1) is 0 Å². The molecular weight excluding hydrogens is 659 g/mol. The van der Waals surface area contributed by atoms with Gasteiger partial charge in [-0.2, -0.15) is 0 Å². The Balaban J connectivity index is 0.000000304. The second-order valence-electron chi connectivity index (χ2n) is 5.31. The number of methoxy groups -OCH3 is 1. The number of nitrogens with zero attached hydrogens (tertiary/aromatic N) is 1. The molecular formula is C14H24N2O3Pb2. The summed E-state index contributed by atoms with van der Waals surface area (Å²) >= 11 is 1.79. The summed E-state index contributed by atoms with van der Waals surface area (Å²) in [4.78, 5) is 25.2. The number of hydrogen-bond donors (Lipinski definition) is 1. The van der Waals surface area contributed by atoms with Crippen molar-refractivity contribution in [3.05, 3.63) is 0 Å². The summed E-state index contributed by atoms with van der Waals surface area (Å²) in [5.41, 5.74) is 0. The second-order valence-corrected chi connectivity index (χ2v) is 18.5. The van der Waals surface area contributed by atoms with Gasteiger partial charge in [-0.15, -0.1) is 0 Å². The molecule has 0 spiro atoms. The van der Waals surface area contributed by atoms with Gasteiger partial charge in [0.2, 0.25) is 0 Å². The zero-order valence-electron chi connectivity index (χ0n) is 12.7. The van der Waals surface area contributed by atoms with Crippen molar-refractivity contribution in [3.63, 3.8) is 0 Å². The molecule has 2 aliphatic heterocycles. The molecule has 0 bridgehead atoms. The number of carbonyl (C=O) groups excluding carboxylic acids is 2. The van der Waals surface area contributed by atoms with Crippen molar-refractivity contribution in [3.8, 4) is 0 Å². The van der Waals surface area contributed by atoms with Gasteiger partial charge < -0.3 is 5.32 Å². The van der Waals surface area contributed by atoms with E-state index in [-0.39, 0.29) is 19.0 Å². The minimum atomic E-state index is -0.318. The van der Waals surface area contributed by atoms with E-state index in [1.165, 1.54) is 39.5 Å². The Kier molecular flexibility index (Phi) is 10.7. The van der Waals surface area contributed by atoms with E-state index in [1.54, 1.807) is 4.90 Å². The fourth-order valence-corrected chi connectivity index (χ4v) is 3.83. The van der Waals surface area contributed by atoms with E-state index in [2.05, 4.69) is 5.32 Å². The standard InChI is InChI=1S/C9H13NO3.C5H11N.2Pb/c1-7(11)10-6-4-3-5-8(10)9(12)13-2;1-2-4-6-5-3-1;;/h1,8H,3-6H2,2H3;6H,1-5H2;;. The van der Waals surface area contributed by atoms with Crippen molar-refractivity contribution in [2.75, 3.05) is 26.7 Å². The summed E-state index contributed by atoms with van der Waals surface area (Å²) in [6.07, 6.45) is 6.99. The van der Waals surface area contributed by atoms with Gasteiger partial charge in [-0.3, -0.25) is 0 Å². The van der Waals surface area contributed by atoms with Crippen LogP contribution in [0.1, 0.15) is 38.5 Å². The van der Waals surface area contributed by atoms with Crippen molar-refractivity contribution in [1.29, 1.82) is 0 Å². The fraction of sp³-hybridized carbons (Fsp3) is 0.857. The minimum absolute atomic E-state index is 0.170. The third-order valence-corrected chi connectivity index (χ3v) is 5.63. The van der Waals surface area contributed by atoms with Crippen LogP contribution in [0.25, 0.3) is 0 Å². The Hall–Kier alpha value is 0.744. The summed E-state index contributed by atoms with van der Waals surface area (Å²) in [5.74, 6) is -0.0875. The molecule has 2 rings (SSSR count). The van der Waals surface area contributed by atoms with Gasteiger partial charge in [0.25, 0.3) is 0 Å². The van der Waals surface area contributed by atoms with Gasteiger partial charge in [0.15, 0.2) is 0 Å². The fourth-order valence-electron chi connectivity index (χ4n) is 2.54. The van der Waals surface area contributed by atoms with E-state index in [1.807, 2.05) is 0 Å². The van der Waals surface area contributed by atoms with Crippen LogP contribution >= 0.6 is 0 Å². The van der Waals surface area contributed by atoms with Gasteiger partial charge in [0.05, 0.1) is 0 Å². The Morgan fingerprint density at radius 1 is 1.14 bits per heavy atom. The van der Waals surface area contributed by atoms with Gasteiger partial charge in [-0.05, 0) is 25.9 Å². The first-order chi connectivity index (χ1) is 10.1. The van der Waals surface area contributed by atoms with Crippen LogP contribution in [0.5, 0.6) is 0 Å². The molecule has 21 heavy (non-hydrogen) atoms. The number of rotatable bonds is 2. The number of carbonyl (C=O) groups is 2. The third kappa shape index (κ3) is 7.23. The van der Waals surface area contributed by atoms with Crippen LogP contribution in [0.15, 0.2) is 0 Å². The number of nitrogens with one attached hydrogen (secondary N) is 1. The maximum absolute atomic E-state index is 11.9. The first kappa shape index (κ1) is 19.8. The van der Waals surface area contributed by atoms with Gasteiger partial charge in [0.1, 0.15) is 0 Å². The van der Waals surface area contributed by atoms with Crippen molar-refractivity contribution < 1.29 is 14.3 Å². The Morgan fingerprint density at radius 3 is 2.24 bits per heavy atom. The third-order valence-electron chi connectivity index (χ3n) is 3.71. The first-order valence-corrected chi connectivity index (χ1v) is 12.1. The van der Waals surface area contributed by atoms with E-state index in [9.17, 15) is 9.59 Å². The normalized spacial score (nSPS) is 22.3. The molecule has 1 N–H and O–H groups in total. The van der Waals surface area contributed by atoms with E-state index in [0.717, 1.165) is 77.3 Å². The van der Waals surface area contributed by atoms with Gasteiger partial charge in [0, 0.05) is 0 Å². The predicted octanol–water partition coefficient (Wildman–Crippen LogP) is 0.383. The Bertz CT molecular complexity index is 325. The molecule has 6 radical (unpaired) electrons. The SMILES string of the molecule is C1CCNCC1.COC(=O)C1CCCCN1C(=O)[CH]([Pb])[Pb]. The van der Waals surface area contributed by atoms with E-state index in [0.29, 0.717) is 0 Å². The molecule has 2 saturated heterocycles. The zero-order valence-corrected chi connectivity index (χ0v) is 20.5. The average molecular weight is 683 g/mol. The van der Waals surface area contributed by atoms with Crippen molar-refractivity contribution >= 4 is 63.4 Å². The summed E-state index contributed by atoms with van der Waals surface area (Å²) in [6.45, 7) is 3.22. The molecule has 1 unspecified atom stereocenters. The first-order valence-electron chi connectivity index (χ1n) is 7.59. The van der Waals surface area contributed by atoms with Crippen LogP contribution in [0.4, 0.5) is 0 Å². The average Bonchev–Trinajstić information content (AvgIpc) is 2.55. The quantitative estimate of drug-likeness (QED) is 0.339. The van der Waals surface area contributed by atoms with Crippen LogP contribution < -0.4 is 5.32 Å². The molecule has 0 aromatic carbocycles. The molecule has 0 aliphatic carbocycles. The molecule has 1 amide bonds. The van der Waals surface area contributed by atoms with Crippen molar-refractivity contribution in [2.24, 2.45) is 0 Å². The van der Waals surface area contributed by atoms with Gasteiger partial charge >= 0.3 is 123 Å². The number of ether oxygens (including phenoxy) is 1. The number of esters is 1. The Labute approximate surface area is 159 Å². The summed E-state index contributed by atoms with van der Waals surface area (Å²) in [6, 6.07) is -0.318. The van der Waals surface area contributed by atoms with Gasteiger partial charge in [-0.1, -0.05) is 6.42 Å². The molecule has 0 saturated carbocycles. The molecule has 116 valence electrons. The second kappa shape index (κ2) is 11.3. The van der Waals surface area contributed by atoms with E-state index < -0.39 is 0 Å². The summed E-state index contributed by atoms with van der Waals surface area (Å²) < 4.78 is 4.96.